The zero-order chi connectivity index (χ0) is 18.1. The van der Waals surface area contributed by atoms with Gasteiger partial charge in [-0.15, -0.1) is 15.3 Å². The highest BCUT2D eigenvalue weighted by Crippen LogP contribution is 2.24. The molecule has 0 atom stereocenters. The fraction of sp³-hybridized carbons (Fsp3) is 0.471. The Morgan fingerprint density at radius 2 is 2.00 bits per heavy atom. The Labute approximate surface area is 150 Å². The summed E-state index contributed by atoms with van der Waals surface area (Å²) >= 11 is 0. The quantitative estimate of drug-likeness (QED) is 0.706. The number of anilines is 1. The maximum atomic E-state index is 14.0. The Balaban J connectivity index is 1.35. The number of nitrogens with zero attached hydrogens (tertiary/aromatic N) is 7. The Morgan fingerprint density at radius 1 is 1.19 bits per heavy atom. The zero-order valence-corrected chi connectivity index (χ0v) is 14.8. The van der Waals surface area contributed by atoms with Crippen LogP contribution >= 0.6 is 0 Å². The molecule has 0 unspecified atom stereocenters. The van der Waals surface area contributed by atoms with Crippen LogP contribution in [0.3, 0.4) is 0 Å². The lowest BCUT2D eigenvalue weighted by molar-refractivity contribution is 0.206. The van der Waals surface area contributed by atoms with Gasteiger partial charge >= 0.3 is 0 Å². The minimum absolute atomic E-state index is 0.0529. The summed E-state index contributed by atoms with van der Waals surface area (Å²) in [6.45, 7) is 5.56. The van der Waals surface area contributed by atoms with Crippen LogP contribution in [0.15, 0.2) is 18.5 Å². The van der Waals surface area contributed by atoms with Gasteiger partial charge in [0.2, 0.25) is 5.82 Å². The monoisotopic (exact) mass is 357 g/mol. The van der Waals surface area contributed by atoms with Crippen LogP contribution in [0.2, 0.25) is 0 Å². The summed E-state index contributed by atoms with van der Waals surface area (Å²) < 4.78 is 21.4. The fourth-order valence-electron chi connectivity index (χ4n) is 3.18. The first-order chi connectivity index (χ1) is 12.6. The molecular formula is C17H20FN7O. The molecule has 26 heavy (non-hydrogen) atoms. The third kappa shape index (κ3) is 3.29. The van der Waals surface area contributed by atoms with Gasteiger partial charge in [-0.3, -0.25) is 0 Å². The molecule has 0 saturated carbocycles. The van der Waals surface area contributed by atoms with E-state index < -0.39 is 5.82 Å². The van der Waals surface area contributed by atoms with Crippen molar-refractivity contribution in [1.82, 2.24) is 29.8 Å². The van der Waals surface area contributed by atoms with E-state index in [1.54, 1.807) is 24.7 Å². The highest BCUT2D eigenvalue weighted by atomic mass is 19.1. The van der Waals surface area contributed by atoms with Crippen LogP contribution in [0, 0.1) is 25.6 Å². The molecule has 0 spiro atoms. The Kier molecular flexibility index (Phi) is 4.36. The molecule has 0 aliphatic carbocycles. The van der Waals surface area contributed by atoms with E-state index in [9.17, 15) is 4.39 Å². The molecular weight excluding hydrogens is 337 g/mol. The molecule has 1 aliphatic heterocycles. The second kappa shape index (κ2) is 6.81. The van der Waals surface area contributed by atoms with Crippen molar-refractivity contribution in [3.05, 3.63) is 35.8 Å². The summed E-state index contributed by atoms with van der Waals surface area (Å²) in [5, 5.41) is 12.3. The molecule has 1 fully saturated rings. The van der Waals surface area contributed by atoms with Crippen LogP contribution in [-0.2, 0) is 0 Å². The number of fused-ring (bicyclic) bond motifs is 1. The lowest BCUT2D eigenvalue weighted by atomic mass is 9.98. The molecule has 0 N–H and O–H groups in total. The molecule has 1 aliphatic rings. The number of ether oxygens (including phenoxy) is 1. The number of piperidine rings is 1. The van der Waals surface area contributed by atoms with E-state index in [-0.39, 0.29) is 5.88 Å². The van der Waals surface area contributed by atoms with Crippen molar-refractivity contribution in [3.63, 3.8) is 0 Å². The van der Waals surface area contributed by atoms with Crippen LogP contribution < -0.4 is 9.64 Å². The van der Waals surface area contributed by atoms with Crippen LogP contribution in [-0.4, -0.2) is 49.5 Å². The van der Waals surface area contributed by atoms with E-state index in [2.05, 4.69) is 30.2 Å². The third-order valence-electron chi connectivity index (χ3n) is 4.64. The normalized spacial score (nSPS) is 15.6. The average Bonchev–Trinajstić information content (AvgIpc) is 3.11. The molecule has 0 radical (unpaired) electrons. The van der Waals surface area contributed by atoms with Gasteiger partial charge in [0.15, 0.2) is 5.65 Å². The van der Waals surface area contributed by atoms with Crippen molar-refractivity contribution >= 4 is 11.5 Å². The Hall–Kier alpha value is -2.84. The molecule has 3 aromatic heterocycles. The standard InChI is InChI=1S/C17H20FN7O/c1-11-16(18)17(21-12(2)20-11)26-9-13-5-7-24(8-6-13)15-4-3-14-22-19-10-25(14)23-15/h3-4,10,13H,5-9H2,1-2H3. The maximum Gasteiger partial charge on any atom is 0.254 e. The van der Waals surface area contributed by atoms with Crippen molar-refractivity contribution in [2.75, 3.05) is 24.6 Å². The van der Waals surface area contributed by atoms with Crippen molar-refractivity contribution in [2.24, 2.45) is 5.92 Å². The molecule has 0 amide bonds. The molecule has 9 heteroatoms. The summed E-state index contributed by atoms with van der Waals surface area (Å²) in [5.74, 6) is 1.37. The maximum absolute atomic E-state index is 14.0. The summed E-state index contributed by atoms with van der Waals surface area (Å²) in [5.41, 5.74) is 1.05. The molecule has 0 aromatic carbocycles. The smallest absolute Gasteiger partial charge is 0.254 e. The van der Waals surface area contributed by atoms with Crippen molar-refractivity contribution in [2.45, 2.75) is 26.7 Å². The van der Waals surface area contributed by atoms with Gasteiger partial charge in [-0.05, 0) is 44.7 Å². The largest absolute Gasteiger partial charge is 0.475 e. The summed E-state index contributed by atoms with van der Waals surface area (Å²) in [4.78, 5) is 10.3. The van der Waals surface area contributed by atoms with E-state index in [1.807, 2.05) is 12.1 Å². The number of aromatic nitrogens is 6. The lowest BCUT2D eigenvalue weighted by Gasteiger charge is -2.32. The third-order valence-corrected chi connectivity index (χ3v) is 4.64. The number of aryl methyl sites for hydroxylation is 2. The first-order valence-corrected chi connectivity index (χ1v) is 8.65. The molecule has 8 nitrogen and oxygen atoms in total. The first-order valence-electron chi connectivity index (χ1n) is 8.65. The van der Waals surface area contributed by atoms with Crippen LogP contribution in [0.25, 0.3) is 5.65 Å². The second-order valence-corrected chi connectivity index (χ2v) is 6.54. The molecule has 4 heterocycles. The molecule has 3 aromatic rings. The predicted octanol–water partition coefficient (Wildman–Crippen LogP) is 1.97. The minimum Gasteiger partial charge on any atom is -0.475 e. The van der Waals surface area contributed by atoms with Crippen molar-refractivity contribution in [1.29, 1.82) is 0 Å². The second-order valence-electron chi connectivity index (χ2n) is 6.54. The highest BCUT2D eigenvalue weighted by Gasteiger charge is 2.22. The SMILES string of the molecule is Cc1nc(C)c(F)c(OCC2CCN(c3ccc4nncn4n3)CC2)n1. The number of halogens is 1. The van der Waals surface area contributed by atoms with E-state index in [0.29, 0.717) is 24.0 Å². The Morgan fingerprint density at radius 3 is 2.81 bits per heavy atom. The minimum atomic E-state index is -0.473. The van der Waals surface area contributed by atoms with Gasteiger partial charge in [-0.2, -0.15) is 13.9 Å². The molecule has 136 valence electrons. The summed E-state index contributed by atoms with van der Waals surface area (Å²) in [6, 6.07) is 3.87. The fourth-order valence-corrected chi connectivity index (χ4v) is 3.18. The number of hydrogen-bond acceptors (Lipinski definition) is 7. The lowest BCUT2D eigenvalue weighted by Crippen LogP contribution is -2.36. The van der Waals surface area contributed by atoms with E-state index in [0.717, 1.165) is 37.4 Å². The van der Waals surface area contributed by atoms with Gasteiger partial charge in [0.05, 0.1) is 12.3 Å². The topological polar surface area (TPSA) is 81.3 Å². The summed E-state index contributed by atoms with van der Waals surface area (Å²) in [7, 11) is 0. The highest BCUT2D eigenvalue weighted by molar-refractivity contribution is 5.45. The van der Waals surface area contributed by atoms with Crippen LogP contribution in [0.4, 0.5) is 10.2 Å². The molecule has 4 rings (SSSR count). The Bertz CT molecular complexity index is 921. The predicted molar refractivity (Wildman–Crippen MR) is 92.7 cm³/mol. The van der Waals surface area contributed by atoms with E-state index >= 15 is 0 Å². The van der Waals surface area contributed by atoms with E-state index in [4.69, 9.17) is 4.74 Å². The van der Waals surface area contributed by atoms with Gasteiger partial charge < -0.3 is 9.64 Å². The molecule has 0 bridgehead atoms. The van der Waals surface area contributed by atoms with Gasteiger partial charge in [0.1, 0.15) is 18.0 Å². The van der Waals surface area contributed by atoms with E-state index in [1.165, 1.54) is 0 Å². The van der Waals surface area contributed by atoms with Gasteiger partial charge in [0, 0.05) is 13.1 Å². The summed E-state index contributed by atoms with van der Waals surface area (Å²) in [6.07, 6.45) is 3.50. The van der Waals surface area contributed by atoms with Gasteiger partial charge in [-0.25, -0.2) is 4.98 Å². The molecule has 1 saturated heterocycles. The zero-order valence-electron chi connectivity index (χ0n) is 14.8. The van der Waals surface area contributed by atoms with Crippen LogP contribution in [0.1, 0.15) is 24.4 Å². The van der Waals surface area contributed by atoms with Crippen molar-refractivity contribution in [3.8, 4) is 5.88 Å². The first kappa shape index (κ1) is 16.6. The van der Waals surface area contributed by atoms with Gasteiger partial charge in [-0.1, -0.05) is 0 Å². The van der Waals surface area contributed by atoms with Gasteiger partial charge in [0.25, 0.3) is 5.88 Å². The number of hydrogen-bond donors (Lipinski definition) is 0. The van der Waals surface area contributed by atoms with Crippen molar-refractivity contribution < 1.29 is 9.13 Å². The number of rotatable bonds is 4. The average molecular weight is 357 g/mol. The van der Waals surface area contributed by atoms with Crippen LogP contribution in [0.5, 0.6) is 5.88 Å².